The average Bonchev–Trinajstić information content (AvgIpc) is 2.68. The quantitative estimate of drug-likeness (QED) is 0.772. The Morgan fingerprint density at radius 2 is 1.85 bits per heavy atom. The number of carbonyl (C=O) groups is 1. The van der Waals surface area contributed by atoms with Gasteiger partial charge in [-0.2, -0.15) is 0 Å². The summed E-state index contributed by atoms with van der Waals surface area (Å²) in [6.07, 6.45) is 1.11. The lowest BCUT2D eigenvalue weighted by atomic mass is 10.2. The fourth-order valence-electron chi connectivity index (χ4n) is 3.01. The topological polar surface area (TPSA) is 50.8 Å². The van der Waals surface area contributed by atoms with Crippen molar-refractivity contribution in [1.29, 1.82) is 0 Å². The number of hydrogen-bond acceptors (Lipinski definition) is 4. The maximum atomic E-state index is 12.3. The molecular weight excluding hydrogens is 328 g/mol. The van der Waals surface area contributed by atoms with Crippen LogP contribution in [0.5, 0.6) is 5.75 Å². The molecule has 1 fully saturated rings. The highest BCUT2D eigenvalue weighted by molar-refractivity contribution is 5.94. The van der Waals surface area contributed by atoms with Crippen molar-refractivity contribution in [1.82, 2.24) is 0 Å². The summed E-state index contributed by atoms with van der Waals surface area (Å²) in [5.41, 5.74) is 3.02. The number of hydrogen-bond donors (Lipinski definition) is 1. The van der Waals surface area contributed by atoms with Crippen molar-refractivity contribution in [2.24, 2.45) is 0 Å². The first-order valence-corrected chi connectivity index (χ1v) is 9.14. The highest BCUT2D eigenvalue weighted by Gasteiger charge is 2.15. The van der Waals surface area contributed by atoms with Crippen molar-refractivity contribution >= 4 is 17.3 Å². The van der Waals surface area contributed by atoms with E-state index in [9.17, 15) is 4.79 Å². The molecule has 0 saturated carbocycles. The van der Waals surface area contributed by atoms with Crippen LogP contribution >= 0.6 is 0 Å². The van der Waals surface area contributed by atoms with E-state index in [0.717, 1.165) is 49.0 Å². The molecule has 1 aliphatic rings. The highest BCUT2D eigenvalue weighted by atomic mass is 16.5. The van der Waals surface area contributed by atoms with Gasteiger partial charge in [-0.15, -0.1) is 0 Å². The van der Waals surface area contributed by atoms with Gasteiger partial charge in [-0.1, -0.05) is 30.3 Å². The Kier molecular flexibility index (Phi) is 6.50. The number of carbonyl (C=O) groups excluding carboxylic acids is 1. The molecule has 3 rings (SSSR count). The van der Waals surface area contributed by atoms with E-state index >= 15 is 0 Å². The van der Waals surface area contributed by atoms with Gasteiger partial charge in [0, 0.05) is 19.5 Å². The van der Waals surface area contributed by atoms with E-state index in [1.54, 1.807) is 0 Å². The van der Waals surface area contributed by atoms with Crippen molar-refractivity contribution in [3.8, 4) is 5.75 Å². The van der Waals surface area contributed by atoms with Crippen LogP contribution in [-0.2, 0) is 9.53 Å². The van der Waals surface area contributed by atoms with Gasteiger partial charge in [0.2, 0.25) is 5.91 Å². The minimum Gasteiger partial charge on any atom is -0.493 e. The number of rotatable bonds is 7. The molecule has 0 atom stereocenters. The van der Waals surface area contributed by atoms with Crippen LogP contribution in [0.25, 0.3) is 0 Å². The minimum absolute atomic E-state index is 0.0130. The third-order valence-corrected chi connectivity index (χ3v) is 4.43. The maximum Gasteiger partial charge on any atom is 0.224 e. The number of morpholine rings is 1. The number of para-hydroxylation sites is 3. The van der Waals surface area contributed by atoms with Crippen LogP contribution in [0.15, 0.2) is 48.5 Å². The molecule has 0 aliphatic carbocycles. The number of benzene rings is 2. The summed E-state index contributed by atoms with van der Waals surface area (Å²) in [6, 6.07) is 15.9. The number of amides is 1. The summed E-state index contributed by atoms with van der Waals surface area (Å²) in [5.74, 6) is 0.893. The zero-order chi connectivity index (χ0) is 18.2. The Morgan fingerprint density at radius 3 is 2.65 bits per heavy atom. The van der Waals surface area contributed by atoms with Crippen LogP contribution in [0, 0.1) is 6.92 Å². The summed E-state index contributed by atoms with van der Waals surface area (Å²) in [5, 5.41) is 3.04. The van der Waals surface area contributed by atoms with Crippen LogP contribution in [0.3, 0.4) is 0 Å². The molecule has 5 nitrogen and oxygen atoms in total. The van der Waals surface area contributed by atoms with E-state index in [2.05, 4.69) is 10.2 Å². The second-order valence-corrected chi connectivity index (χ2v) is 6.38. The average molecular weight is 354 g/mol. The summed E-state index contributed by atoms with van der Waals surface area (Å²) in [4.78, 5) is 14.6. The standard InChI is InChI=1S/C21H26N2O3/c1-17-7-2-5-10-20(17)26-14-6-11-21(24)22-18-8-3-4-9-19(18)23-12-15-25-16-13-23/h2-5,7-10H,6,11-16H2,1H3,(H,22,24). The lowest BCUT2D eigenvalue weighted by molar-refractivity contribution is -0.116. The van der Waals surface area contributed by atoms with Crippen LogP contribution < -0.4 is 15.0 Å². The Bertz CT molecular complexity index is 727. The maximum absolute atomic E-state index is 12.3. The molecule has 1 heterocycles. The second-order valence-electron chi connectivity index (χ2n) is 6.38. The summed E-state index contributed by atoms with van der Waals surface area (Å²) in [7, 11) is 0. The Hall–Kier alpha value is -2.53. The van der Waals surface area contributed by atoms with Gasteiger partial charge in [-0.05, 0) is 37.1 Å². The first-order valence-electron chi connectivity index (χ1n) is 9.14. The number of aryl methyl sites for hydroxylation is 1. The van der Waals surface area contributed by atoms with Gasteiger partial charge in [0.1, 0.15) is 5.75 Å². The fraction of sp³-hybridized carbons (Fsp3) is 0.381. The van der Waals surface area contributed by atoms with Crippen molar-refractivity contribution < 1.29 is 14.3 Å². The van der Waals surface area contributed by atoms with Crippen LogP contribution in [0.2, 0.25) is 0 Å². The van der Waals surface area contributed by atoms with E-state index in [1.807, 2.05) is 55.5 Å². The third-order valence-electron chi connectivity index (χ3n) is 4.43. The van der Waals surface area contributed by atoms with Gasteiger partial charge in [0.25, 0.3) is 0 Å². The van der Waals surface area contributed by atoms with Gasteiger partial charge in [0.05, 0.1) is 31.2 Å². The molecular formula is C21H26N2O3. The van der Waals surface area contributed by atoms with Gasteiger partial charge in [0.15, 0.2) is 0 Å². The molecule has 1 amide bonds. The zero-order valence-corrected chi connectivity index (χ0v) is 15.2. The lowest BCUT2D eigenvalue weighted by Gasteiger charge is -2.30. The lowest BCUT2D eigenvalue weighted by Crippen LogP contribution is -2.36. The Labute approximate surface area is 154 Å². The van der Waals surface area contributed by atoms with E-state index < -0.39 is 0 Å². The zero-order valence-electron chi connectivity index (χ0n) is 15.2. The number of nitrogens with zero attached hydrogens (tertiary/aromatic N) is 1. The summed E-state index contributed by atoms with van der Waals surface area (Å²) in [6.45, 7) is 5.68. The largest absolute Gasteiger partial charge is 0.493 e. The normalized spacial score (nSPS) is 14.1. The first-order chi connectivity index (χ1) is 12.7. The van der Waals surface area contributed by atoms with E-state index in [-0.39, 0.29) is 5.91 Å². The van der Waals surface area contributed by atoms with E-state index in [1.165, 1.54) is 0 Å². The van der Waals surface area contributed by atoms with Crippen LogP contribution in [-0.4, -0.2) is 38.8 Å². The molecule has 138 valence electrons. The molecule has 0 bridgehead atoms. The minimum atomic E-state index is 0.0130. The monoisotopic (exact) mass is 354 g/mol. The molecule has 1 aliphatic heterocycles. The molecule has 1 saturated heterocycles. The van der Waals surface area contributed by atoms with Gasteiger partial charge in [-0.25, -0.2) is 0 Å². The highest BCUT2D eigenvalue weighted by Crippen LogP contribution is 2.26. The number of nitrogens with one attached hydrogen (secondary N) is 1. The Morgan fingerprint density at radius 1 is 1.12 bits per heavy atom. The Balaban J connectivity index is 1.48. The molecule has 26 heavy (non-hydrogen) atoms. The number of anilines is 2. The molecule has 2 aromatic carbocycles. The molecule has 1 N–H and O–H groups in total. The molecule has 0 unspecified atom stereocenters. The van der Waals surface area contributed by atoms with Crippen molar-refractivity contribution in [3.63, 3.8) is 0 Å². The SMILES string of the molecule is Cc1ccccc1OCCCC(=O)Nc1ccccc1N1CCOCC1. The molecule has 5 heteroatoms. The summed E-state index contributed by atoms with van der Waals surface area (Å²) >= 11 is 0. The molecule has 0 radical (unpaired) electrons. The van der Waals surface area contributed by atoms with Crippen molar-refractivity contribution in [3.05, 3.63) is 54.1 Å². The third kappa shape index (κ3) is 4.99. The van der Waals surface area contributed by atoms with Crippen molar-refractivity contribution in [2.75, 3.05) is 43.1 Å². The predicted molar refractivity (Wildman–Crippen MR) is 104 cm³/mol. The molecule has 0 spiro atoms. The predicted octanol–water partition coefficient (Wildman–Crippen LogP) is 3.63. The number of ether oxygens (including phenoxy) is 2. The second kappa shape index (κ2) is 9.25. The van der Waals surface area contributed by atoms with Crippen LogP contribution in [0.1, 0.15) is 18.4 Å². The van der Waals surface area contributed by atoms with Gasteiger partial charge < -0.3 is 19.7 Å². The fourth-order valence-corrected chi connectivity index (χ4v) is 3.01. The molecule has 0 aromatic heterocycles. The molecule has 2 aromatic rings. The summed E-state index contributed by atoms with van der Waals surface area (Å²) < 4.78 is 11.2. The first kappa shape index (κ1) is 18.3. The smallest absolute Gasteiger partial charge is 0.224 e. The van der Waals surface area contributed by atoms with Crippen molar-refractivity contribution in [2.45, 2.75) is 19.8 Å². The van der Waals surface area contributed by atoms with Gasteiger partial charge in [-0.3, -0.25) is 4.79 Å². The van der Waals surface area contributed by atoms with E-state index in [4.69, 9.17) is 9.47 Å². The van der Waals surface area contributed by atoms with E-state index in [0.29, 0.717) is 19.4 Å². The van der Waals surface area contributed by atoms with Gasteiger partial charge >= 0.3 is 0 Å². The van der Waals surface area contributed by atoms with Crippen LogP contribution in [0.4, 0.5) is 11.4 Å².